The molecule has 0 aromatic heterocycles. The average Bonchev–Trinajstić information content (AvgIpc) is 3.09. The lowest BCUT2D eigenvalue weighted by atomic mass is 10.1. The van der Waals surface area contributed by atoms with E-state index in [1.807, 2.05) is 0 Å². The van der Waals surface area contributed by atoms with Crippen molar-refractivity contribution in [1.82, 2.24) is 0 Å². The van der Waals surface area contributed by atoms with Gasteiger partial charge in [-0.2, -0.15) is 0 Å². The van der Waals surface area contributed by atoms with Crippen LogP contribution < -0.4 is 0 Å². The lowest BCUT2D eigenvalue weighted by Gasteiger charge is -2.20. The molecule has 282 valence electrons. The van der Waals surface area contributed by atoms with E-state index in [9.17, 15) is 29.3 Å². The summed E-state index contributed by atoms with van der Waals surface area (Å²) in [5, 5.41) is 19.1. The minimum atomic E-state index is -4.64. The van der Waals surface area contributed by atoms with Gasteiger partial charge in [-0.25, -0.2) is 4.57 Å². The largest absolute Gasteiger partial charge is 0.472 e. The van der Waals surface area contributed by atoms with Gasteiger partial charge < -0.3 is 24.6 Å². The zero-order valence-corrected chi connectivity index (χ0v) is 31.0. The first-order valence-electron chi connectivity index (χ1n) is 18.2. The van der Waals surface area contributed by atoms with E-state index < -0.39 is 58.4 Å². The number of carbonyl (C=O) groups excluding carboxylic acids is 2. The highest BCUT2D eigenvalue weighted by atomic mass is 31.2. The van der Waals surface area contributed by atoms with Crippen LogP contribution >= 0.6 is 7.82 Å². The Balaban J connectivity index is 4.08. The first-order valence-corrected chi connectivity index (χ1v) is 19.7. The van der Waals surface area contributed by atoms with Crippen LogP contribution in [-0.2, 0) is 32.7 Å². The summed E-state index contributed by atoms with van der Waals surface area (Å²) in [6.45, 7) is 1.93. The standard InChI is InChI=1S/C38H65O10P/c1-3-5-7-9-11-13-15-17-19-21-23-25-27-29-37(41)47-35(31-39)33-45-49(43,44)46-34-36(32-40)48-38(42)30-28-26-24-22-20-18-16-14-12-10-8-6-4-2/h5,7-8,10-11,13-14,16-17,19,35-36,39-40H,3-4,6,9,12,15,18,20-34H2,1-2H3,(H,43,44)/b7-5-,10-8-,13-11-,16-14-,19-17-. The summed E-state index contributed by atoms with van der Waals surface area (Å²) >= 11 is 0. The molecule has 11 heteroatoms. The second-order valence-electron chi connectivity index (χ2n) is 11.8. The van der Waals surface area contributed by atoms with Crippen molar-refractivity contribution in [2.45, 2.75) is 142 Å². The van der Waals surface area contributed by atoms with Crippen molar-refractivity contribution in [2.24, 2.45) is 0 Å². The molecule has 0 aliphatic carbocycles. The molecule has 0 amide bonds. The predicted octanol–water partition coefficient (Wildman–Crippen LogP) is 8.77. The summed E-state index contributed by atoms with van der Waals surface area (Å²) in [4.78, 5) is 34.3. The molecule has 0 radical (unpaired) electrons. The van der Waals surface area contributed by atoms with Crippen molar-refractivity contribution in [3.8, 4) is 0 Å². The third-order valence-corrected chi connectivity index (χ3v) is 8.15. The van der Waals surface area contributed by atoms with E-state index in [1.165, 1.54) is 6.42 Å². The van der Waals surface area contributed by atoms with E-state index in [-0.39, 0.29) is 12.8 Å². The number of phosphoric acid groups is 1. The summed E-state index contributed by atoms with van der Waals surface area (Å²) in [7, 11) is -4.64. The third-order valence-electron chi connectivity index (χ3n) is 7.19. The van der Waals surface area contributed by atoms with E-state index in [0.717, 1.165) is 83.5 Å². The van der Waals surface area contributed by atoms with E-state index in [0.29, 0.717) is 12.8 Å². The molecular weight excluding hydrogens is 647 g/mol. The van der Waals surface area contributed by atoms with Gasteiger partial charge in [-0.15, -0.1) is 0 Å². The van der Waals surface area contributed by atoms with Gasteiger partial charge in [0.05, 0.1) is 26.4 Å². The highest BCUT2D eigenvalue weighted by Gasteiger charge is 2.27. The molecule has 0 bridgehead atoms. The molecule has 0 heterocycles. The van der Waals surface area contributed by atoms with Crippen molar-refractivity contribution in [3.05, 3.63) is 60.8 Å². The molecule has 3 unspecified atom stereocenters. The van der Waals surface area contributed by atoms with Crippen LogP contribution in [0.25, 0.3) is 0 Å². The zero-order chi connectivity index (χ0) is 36.3. The fraction of sp³-hybridized carbons (Fsp3) is 0.684. The molecule has 3 N–H and O–H groups in total. The Kier molecular flexibility index (Phi) is 32.5. The maximum atomic E-state index is 12.3. The average molecular weight is 713 g/mol. The molecule has 0 aliphatic rings. The first kappa shape index (κ1) is 46.7. The van der Waals surface area contributed by atoms with Gasteiger partial charge >= 0.3 is 19.8 Å². The molecule has 0 aliphatic heterocycles. The minimum Gasteiger partial charge on any atom is -0.457 e. The molecule has 49 heavy (non-hydrogen) atoms. The molecule has 0 saturated heterocycles. The second-order valence-corrected chi connectivity index (χ2v) is 13.3. The lowest BCUT2D eigenvalue weighted by molar-refractivity contribution is -0.153. The predicted molar refractivity (Wildman–Crippen MR) is 196 cm³/mol. The number of ether oxygens (including phenoxy) is 2. The summed E-state index contributed by atoms with van der Waals surface area (Å²) in [5.41, 5.74) is 0. The molecule has 0 aromatic carbocycles. The number of hydrogen-bond acceptors (Lipinski definition) is 9. The maximum Gasteiger partial charge on any atom is 0.472 e. The highest BCUT2D eigenvalue weighted by molar-refractivity contribution is 7.47. The van der Waals surface area contributed by atoms with Crippen LogP contribution in [0.5, 0.6) is 0 Å². The number of rotatable bonds is 33. The van der Waals surface area contributed by atoms with Crippen LogP contribution in [0.4, 0.5) is 0 Å². The Morgan fingerprint density at radius 2 is 0.959 bits per heavy atom. The van der Waals surface area contributed by atoms with Gasteiger partial charge in [0, 0.05) is 12.8 Å². The van der Waals surface area contributed by atoms with Gasteiger partial charge in [0.1, 0.15) is 12.2 Å². The van der Waals surface area contributed by atoms with Crippen molar-refractivity contribution < 1.29 is 47.8 Å². The van der Waals surface area contributed by atoms with Crippen molar-refractivity contribution >= 4 is 19.8 Å². The van der Waals surface area contributed by atoms with Crippen molar-refractivity contribution in [3.63, 3.8) is 0 Å². The zero-order valence-electron chi connectivity index (χ0n) is 30.1. The van der Waals surface area contributed by atoms with Crippen LogP contribution in [-0.4, -0.2) is 65.7 Å². The fourth-order valence-corrected chi connectivity index (χ4v) is 5.18. The fourth-order valence-electron chi connectivity index (χ4n) is 4.40. The molecule has 0 rings (SSSR count). The Morgan fingerprint density at radius 1 is 0.571 bits per heavy atom. The quantitative estimate of drug-likeness (QED) is 0.0261. The molecule has 0 spiro atoms. The number of phosphoric ester groups is 1. The van der Waals surface area contributed by atoms with Gasteiger partial charge in [0.2, 0.25) is 0 Å². The van der Waals surface area contributed by atoms with Crippen molar-refractivity contribution in [2.75, 3.05) is 26.4 Å². The van der Waals surface area contributed by atoms with E-state index >= 15 is 0 Å². The van der Waals surface area contributed by atoms with Gasteiger partial charge in [0.15, 0.2) is 0 Å². The Hall–Kier alpha value is -2.33. The van der Waals surface area contributed by atoms with E-state index in [1.54, 1.807) is 0 Å². The van der Waals surface area contributed by atoms with Crippen LogP contribution in [0, 0.1) is 0 Å². The number of allylic oxidation sites excluding steroid dienone is 10. The first-order chi connectivity index (χ1) is 23.8. The molecule has 0 saturated carbocycles. The summed E-state index contributed by atoms with van der Waals surface area (Å²) in [5.74, 6) is -1.07. The van der Waals surface area contributed by atoms with Gasteiger partial charge in [0.25, 0.3) is 0 Å². The van der Waals surface area contributed by atoms with Crippen LogP contribution in [0.15, 0.2) is 60.8 Å². The van der Waals surface area contributed by atoms with Crippen LogP contribution in [0.3, 0.4) is 0 Å². The number of aliphatic hydroxyl groups is 2. The van der Waals surface area contributed by atoms with E-state index in [4.69, 9.17) is 18.5 Å². The number of unbranched alkanes of at least 4 members (excludes halogenated alkanes) is 9. The SMILES string of the molecule is CC/C=C\C/C=C\C/C=C\CCCCCC(=O)OC(CO)COP(=O)(O)OCC(CO)OC(=O)CCCCCCC/C=C\C/C=C\CCC. The Bertz CT molecular complexity index is 1000. The molecular formula is C38H65O10P. The number of aliphatic hydroxyl groups excluding tert-OH is 2. The Morgan fingerprint density at radius 3 is 1.41 bits per heavy atom. The van der Waals surface area contributed by atoms with Crippen molar-refractivity contribution in [1.29, 1.82) is 0 Å². The highest BCUT2D eigenvalue weighted by Crippen LogP contribution is 2.43. The monoisotopic (exact) mass is 712 g/mol. The van der Waals surface area contributed by atoms with Gasteiger partial charge in [-0.05, 0) is 70.6 Å². The smallest absolute Gasteiger partial charge is 0.457 e. The maximum absolute atomic E-state index is 12.3. The van der Waals surface area contributed by atoms with Crippen LogP contribution in [0.2, 0.25) is 0 Å². The van der Waals surface area contributed by atoms with Gasteiger partial charge in [-0.3, -0.25) is 18.6 Å². The molecule has 0 aromatic rings. The van der Waals surface area contributed by atoms with E-state index in [2.05, 4.69) is 74.6 Å². The number of carbonyl (C=O) groups is 2. The van der Waals surface area contributed by atoms with Gasteiger partial charge in [-0.1, -0.05) is 107 Å². The molecule has 3 atom stereocenters. The topological polar surface area (TPSA) is 149 Å². The van der Waals surface area contributed by atoms with Crippen LogP contribution in [0.1, 0.15) is 129 Å². The lowest BCUT2D eigenvalue weighted by Crippen LogP contribution is -2.28. The number of esters is 2. The molecule has 0 fully saturated rings. The Labute approximate surface area is 296 Å². The molecule has 10 nitrogen and oxygen atoms in total. The third kappa shape index (κ3) is 32.6. The second kappa shape index (κ2) is 34.1. The normalized spacial score (nSPS) is 14.8. The number of hydrogen-bond donors (Lipinski definition) is 3. The summed E-state index contributed by atoms with van der Waals surface area (Å²) < 4.78 is 32.3. The minimum absolute atomic E-state index is 0.153. The summed E-state index contributed by atoms with van der Waals surface area (Å²) in [6, 6.07) is 0. The summed E-state index contributed by atoms with van der Waals surface area (Å²) in [6.07, 6.45) is 34.9.